The second-order valence-electron chi connectivity index (χ2n) is 7.87. The molecule has 2 N–H and O–H groups in total. The van der Waals surface area contributed by atoms with E-state index in [0.717, 1.165) is 16.3 Å². The molecule has 1 fully saturated rings. The third-order valence-electron chi connectivity index (χ3n) is 5.72. The molecule has 1 heterocycles. The molecule has 2 atom stereocenters. The van der Waals surface area contributed by atoms with E-state index in [1.54, 1.807) is 18.2 Å². The Balaban J connectivity index is 1.51. The van der Waals surface area contributed by atoms with Crippen molar-refractivity contribution >= 4 is 32.7 Å². The molecule has 0 aromatic heterocycles. The van der Waals surface area contributed by atoms with Gasteiger partial charge in [-0.25, -0.2) is 13.2 Å². The van der Waals surface area contributed by atoms with Gasteiger partial charge in [0.25, 0.3) is 0 Å². The van der Waals surface area contributed by atoms with Gasteiger partial charge in [0.2, 0.25) is 15.9 Å². The molecular formula is C24H24N2O5S. The molecule has 0 aliphatic carbocycles. The maximum atomic E-state index is 13.0. The molecule has 4 rings (SSSR count). The topological polar surface area (TPSA) is 104 Å². The van der Waals surface area contributed by atoms with Gasteiger partial charge < -0.3 is 10.4 Å². The average Bonchev–Trinajstić information content (AvgIpc) is 3.30. The quantitative estimate of drug-likeness (QED) is 0.574. The van der Waals surface area contributed by atoms with Crippen LogP contribution in [0.4, 0.5) is 0 Å². The Hall–Kier alpha value is -3.23. The smallest absolute Gasteiger partial charge is 0.326 e. The van der Waals surface area contributed by atoms with Gasteiger partial charge in [-0.15, -0.1) is 0 Å². The predicted molar refractivity (Wildman–Crippen MR) is 121 cm³/mol. The second kappa shape index (κ2) is 9.10. The molecule has 0 bridgehead atoms. The zero-order chi connectivity index (χ0) is 22.7. The summed E-state index contributed by atoms with van der Waals surface area (Å²) >= 11 is 0. The molecule has 1 aliphatic heterocycles. The summed E-state index contributed by atoms with van der Waals surface area (Å²) in [4.78, 5) is 25.0. The van der Waals surface area contributed by atoms with Crippen molar-refractivity contribution in [3.63, 3.8) is 0 Å². The third kappa shape index (κ3) is 4.51. The number of carbonyl (C=O) groups excluding carboxylic acids is 1. The molecule has 3 aromatic rings. The first kappa shape index (κ1) is 22.0. The van der Waals surface area contributed by atoms with E-state index in [0.29, 0.717) is 12.8 Å². The highest BCUT2D eigenvalue weighted by Crippen LogP contribution is 2.26. The van der Waals surface area contributed by atoms with Gasteiger partial charge >= 0.3 is 5.97 Å². The largest absolute Gasteiger partial charge is 0.480 e. The number of amides is 1. The first-order valence-electron chi connectivity index (χ1n) is 10.4. The normalized spacial score (nSPS) is 17.8. The Bertz CT molecular complexity index is 1240. The predicted octanol–water partition coefficient (Wildman–Crippen LogP) is 2.81. The van der Waals surface area contributed by atoms with E-state index in [9.17, 15) is 23.1 Å². The van der Waals surface area contributed by atoms with Crippen molar-refractivity contribution in [3.05, 3.63) is 78.4 Å². The lowest BCUT2D eigenvalue weighted by Gasteiger charge is -2.25. The third-order valence-corrected chi connectivity index (χ3v) is 7.65. The number of hydrogen-bond acceptors (Lipinski definition) is 4. The Morgan fingerprint density at radius 1 is 1.00 bits per heavy atom. The van der Waals surface area contributed by atoms with Crippen LogP contribution < -0.4 is 5.32 Å². The van der Waals surface area contributed by atoms with Crippen LogP contribution in [-0.4, -0.2) is 48.3 Å². The second-order valence-corrected chi connectivity index (χ2v) is 9.76. The summed E-state index contributed by atoms with van der Waals surface area (Å²) in [5.41, 5.74) is 0.775. The molecule has 0 saturated carbocycles. The first-order valence-corrected chi connectivity index (χ1v) is 11.9. The number of carboxylic acids is 1. The number of carboxylic acid groups (broad SMARTS) is 1. The fourth-order valence-corrected chi connectivity index (χ4v) is 5.76. The maximum Gasteiger partial charge on any atom is 0.326 e. The van der Waals surface area contributed by atoms with Crippen LogP contribution in [0, 0.1) is 0 Å². The molecular weight excluding hydrogens is 428 g/mol. The molecule has 32 heavy (non-hydrogen) atoms. The van der Waals surface area contributed by atoms with E-state index in [1.807, 2.05) is 42.5 Å². The summed E-state index contributed by atoms with van der Waals surface area (Å²) in [6, 6.07) is 19.3. The highest BCUT2D eigenvalue weighted by atomic mass is 32.2. The number of nitrogens with zero attached hydrogens (tertiary/aromatic N) is 1. The van der Waals surface area contributed by atoms with E-state index < -0.39 is 34.0 Å². The van der Waals surface area contributed by atoms with Crippen molar-refractivity contribution in [2.24, 2.45) is 0 Å². The van der Waals surface area contributed by atoms with Gasteiger partial charge in [-0.3, -0.25) is 4.79 Å². The van der Waals surface area contributed by atoms with Crippen LogP contribution in [-0.2, 0) is 26.0 Å². The number of nitrogens with one attached hydrogen (secondary N) is 1. The van der Waals surface area contributed by atoms with E-state index in [1.165, 1.54) is 16.4 Å². The van der Waals surface area contributed by atoms with Crippen LogP contribution >= 0.6 is 0 Å². The zero-order valence-corrected chi connectivity index (χ0v) is 18.2. The number of aliphatic carboxylic acids is 1. The van der Waals surface area contributed by atoms with Crippen molar-refractivity contribution < 1.29 is 23.1 Å². The van der Waals surface area contributed by atoms with Gasteiger partial charge in [0.15, 0.2) is 0 Å². The van der Waals surface area contributed by atoms with E-state index >= 15 is 0 Å². The summed E-state index contributed by atoms with van der Waals surface area (Å²) in [5, 5.41) is 14.3. The van der Waals surface area contributed by atoms with Gasteiger partial charge in [0.05, 0.1) is 4.90 Å². The lowest BCUT2D eigenvalue weighted by Crippen LogP contribution is -2.51. The zero-order valence-electron chi connectivity index (χ0n) is 17.3. The monoisotopic (exact) mass is 452 g/mol. The maximum absolute atomic E-state index is 13.0. The van der Waals surface area contributed by atoms with Gasteiger partial charge in [-0.2, -0.15) is 4.31 Å². The van der Waals surface area contributed by atoms with E-state index in [2.05, 4.69) is 5.32 Å². The number of hydrogen-bond donors (Lipinski definition) is 2. The van der Waals surface area contributed by atoms with Gasteiger partial charge in [-0.05, 0) is 41.3 Å². The van der Waals surface area contributed by atoms with Crippen LogP contribution in [0.1, 0.15) is 18.4 Å². The molecule has 0 spiro atoms. The minimum Gasteiger partial charge on any atom is -0.480 e. The molecule has 3 aromatic carbocycles. The molecule has 1 aliphatic rings. The molecule has 7 nitrogen and oxygen atoms in total. The lowest BCUT2D eigenvalue weighted by molar-refractivity contribution is -0.142. The van der Waals surface area contributed by atoms with Crippen LogP contribution in [0.25, 0.3) is 10.8 Å². The van der Waals surface area contributed by atoms with Crippen molar-refractivity contribution in [1.82, 2.24) is 9.62 Å². The highest BCUT2D eigenvalue weighted by Gasteiger charge is 2.40. The molecule has 0 unspecified atom stereocenters. The highest BCUT2D eigenvalue weighted by molar-refractivity contribution is 7.89. The summed E-state index contributed by atoms with van der Waals surface area (Å²) in [6.07, 6.45) is 0.983. The number of carbonyl (C=O) groups is 2. The van der Waals surface area contributed by atoms with Gasteiger partial charge in [0, 0.05) is 13.0 Å². The molecule has 8 heteroatoms. The summed E-state index contributed by atoms with van der Waals surface area (Å²) in [7, 11) is -3.85. The molecule has 0 radical (unpaired) electrons. The van der Waals surface area contributed by atoms with Crippen molar-refractivity contribution in [3.8, 4) is 0 Å². The fourth-order valence-electron chi connectivity index (χ4n) is 4.09. The molecule has 1 amide bonds. The molecule has 1 saturated heterocycles. The summed E-state index contributed by atoms with van der Waals surface area (Å²) < 4.78 is 27.2. The van der Waals surface area contributed by atoms with Crippen molar-refractivity contribution in [2.75, 3.05) is 6.54 Å². The lowest BCUT2D eigenvalue weighted by atomic mass is 10.0. The van der Waals surface area contributed by atoms with Crippen LogP contribution in [0.2, 0.25) is 0 Å². The Kier molecular flexibility index (Phi) is 6.25. The van der Waals surface area contributed by atoms with E-state index in [4.69, 9.17) is 0 Å². The van der Waals surface area contributed by atoms with Crippen LogP contribution in [0.15, 0.2) is 77.7 Å². The molecule has 166 valence electrons. The summed E-state index contributed by atoms with van der Waals surface area (Å²) in [6.45, 7) is 0.220. The minimum atomic E-state index is -3.85. The van der Waals surface area contributed by atoms with Crippen molar-refractivity contribution in [2.45, 2.75) is 36.2 Å². The Morgan fingerprint density at radius 2 is 1.69 bits per heavy atom. The standard InChI is InChI=1S/C24H24N2O5S/c27-23(22-11-6-14-26(22)32(30,31)20-9-2-1-3-10-20)25-21(24(28)29)16-17-12-13-18-7-4-5-8-19(18)15-17/h1-5,7-10,12-13,15,21-22H,6,11,14,16H2,(H,25,27)(H,28,29)/t21-,22-/m0/s1. The minimum absolute atomic E-state index is 0.101. The van der Waals surface area contributed by atoms with Gasteiger partial charge in [0.1, 0.15) is 12.1 Å². The average molecular weight is 453 g/mol. The van der Waals surface area contributed by atoms with Crippen LogP contribution in [0.5, 0.6) is 0 Å². The van der Waals surface area contributed by atoms with Gasteiger partial charge in [-0.1, -0.05) is 60.7 Å². The number of sulfonamides is 1. The Morgan fingerprint density at radius 3 is 2.41 bits per heavy atom. The van der Waals surface area contributed by atoms with E-state index in [-0.39, 0.29) is 17.9 Å². The summed E-state index contributed by atoms with van der Waals surface area (Å²) in [5.74, 6) is -1.75. The number of benzene rings is 3. The number of rotatable bonds is 7. The van der Waals surface area contributed by atoms with Crippen molar-refractivity contribution in [1.29, 1.82) is 0 Å². The van der Waals surface area contributed by atoms with Crippen LogP contribution in [0.3, 0.4) is 0 Å². The fraction of sp³-hybridized carbons (Fsp3) is 0.250. The SMILES string of the molecule is O=C(O)[C@H](Cc1ccc2ccccc2c1)NC(=O)[C@@H]1CCCN1S(=O)(=O)c1ccccc1. The Labute approximate surface area is 186 Å². The number of fused-ring (bicyclic) bond motifs is 1. The first-order chi connectivity index (χ1) is 15.4.